The molecule has 0 saturated carbocycles. The monoisotopic (exact) mass is 445 g/mol. The quantitative estimate of drug-likeness (QED) is 0.147. The molecule has 0 spiro atoms. The van der Waals surface area contributed by atoms with Gasteiger partial charge < -0.3 is 31.9 Å². The van der Waals surface area contributed by atoms with E-state index in [-0.39, 0.29) is 13.1 Å². The Hall–Kier alpha value is 1.15. The zero-order valence-electron chi connectivity index (χ0n) is 14.2. The Morgan fingerprint density at radius 1 is 0.875 bits per heavy atom. The first kappa shape index (κ1) is 25.1. The number of quaternary nitrogens is 1. The van der Waals surface area contributed by atoms with Crippen LogP contribution in [0.1, 0.15) is 12.8 Å². The van der Waals surface area contributed by atoms with Crippen LogP contribution in [0.3, 0.4) is 0 Å². The van der Waals surface area contributed by atoms with Crippen molar-refractivity contribution in [2.24, 2.45) is 0 Å². The van der Waals surface area contributed by atoms with Gasteiger partial charge in [0.1, 0.15) is 0 Å². The SMILES string of the molecule is Cl[CH-][NH2+]CCC[C@H]1CNCCNCCNCCNCCN1.[Cl][Mn][Cl]. The minimum atomic E-state index is 0.00694. The van der Waals surface area contributed by atoms with Gasteiger partial charge in [0.25, 0.3) is 0 Å². The second-order valence-electron chi connectivity index (χ2n) is 5.45. The molecule has 0 radical (unpaired) electrons. The van der Waals surface area contributed by atoms with E-state index < -0.39 is 0 Å². The second-order valence-corrected chi connectivity index (χ2v) is 7.65. The summed E-state index contributed by atoms with van der Waals surface area (Å²) in [6.45, 7) is 10.3. The van der Waals surface area contributed by atoms with Crippen molar-refractivity contribution in [1.29, 1.82) is 0 Å². The summed E-state index contributed by atoms with van der Waals surface area (Å²) < 4.78 is 0. The predicted octanol–water partition coefficient (Wildman–Crippen LogP) is -0.605. The fourth-order valence-corrected chi connectivity index (χ4v) is 2.49. The van der Waals surface area contributed by atoms with Crippen molar-refractivity contribution in [2.45, 2.75) is 18.9 Å². The van der Waals surface area contributed by atoms with Gasteiger partial charge in [-0.2, -0.15) is 0 Å². The van der Waals surface area contributed by atoms with Gasteiger partial charge in [0.2, 0.25) is 0 Å². The van der Waals surface area contributed by atoms with Gasteiger partial charge in [-0.3, -0.25) is 11.6 Å². The van der Waals surface area contributed by atoms with Crippen LogP contribution in [0.25, 0.3) is 0 Å². The molecule has 147 valence electrons. The van der Waals surface area contributed by atoms with Crippen LogP contribution in [-0.2, 0) is 13.1 Å². The van der Waals surface area contributed by atoms with E-state index >= 15 is 0 Å². The minimum absolute atomic E-state index is 0.00694. The number of nitrogens with two attached hydrogens (primary N) is 1. The first-order valence-corrected chi connectivity index (χ1v) is 12.2. The molecule has 24 heavy (non-hydrogen) atoms. The van der Waals surface area contributed by atoms with Crippen LogP contribution in [0.15, 0.2) is 0 Å². The summed E-state index contributed by atoms with van der Waals surface area (Å²) in [5.41, 5.74) is 0. The summed E-state index contributed by atoms with van der Waals surface area (Å²) in [5.74, 6) is 0. The fourth-order valence-electron chi connectivity index (χ4n) is 2.37. The molecule has 0 aromatic carbocycles. The molecular weight excluding hydrogens is 413 g/mol. The molecular formula is C14H33Cl3MnN6. The third kappa shape index (κ3) is 19.5. The normalized spacial score (nSPS) is 21.9. The van der Waals surface area contributed by atoms with Crippen LogP contribution in [0.2, 0.25) is 0 Å². The van der Waals surface area contributed by atoms with Crippen LogP contribution in [-0.4, -0.2) is 71.5 Å². The van der Waals surface area contributed by atoms with Crippen LogP contribution in [0, 0.1) is 6.00 Å². The standard InChI is InChI=1S/C14H33ClN6.2ClH.Mn/c15-13-20-3-1-2-14-12-19-9-8-17-5-4-16-6-7-18-10-11-21-14;;;/h13-14,16-19,21H,1-12,20H2;2*1H;/q;;;+2/p-2/t14-;;;/m0.../s1. The number of hydrogen-bond donors (Lipinski definition) is 6. The van der Waals surface area contributed by atoms with Crippen molar-refractivity contribution < 1.29 is 18.5 Å². The molecule has 0 bridgehead atoms. The van der Waals surface area contributed by atoms with Crippen molar-refractivity contribution in [3.63, 3.8) is 0 Å². The van der Waals surface area contributed by atoms with Crippen LogP contribution < -0.4 is 31.9 Å². The summed E-state index contributed by atoms with van der Waals surface area (Å²) in [6.07, 6.45) is 2.36. The second kappa shape index (κ2) is 22.2. The molecule has 6 nitrogen and oxygen atoms in total. The molecule has 7 N–H and O–H groups in total. The van der Waals surface area contributed by atoms with Gasteiger partial charge in [-0.05, 0) is 12.8 Å². The van der Waals surface area contributed by atoms with E-state index in [1.807, 2.05) is 5.32 Å². The Kier molecular flexibility index (Phi) is 23.3. The van der Waals surface area contributed by atoms with Gasteiger partial charge in [-0.1, -0.05) is 6.00 Å². The Bertz CT molecular complexity index is 229. The van der Waals surface area contributed by atoms with E-state index in [2.05, 4.69) is 26.6 Å². The van der Waals surface area contributed by atoms with Crippen LogP contribution in [0.4, 0.5) is 0 Å². The number of hydrogen-bond acceptors (Lipinski definition) is 5. The third-order valence-corrected chi connectivity index (χ3v) is 3.75. The maximum atomic E-state index is 5.56. The van der Waals surface area contributed by atoms with Gasteiger partial charge in [-0.15, -0.1) is 0 Å². The van der Waals surface area contributed by atoms with E-state index in [0.29, 0.717) is 6.04 Å². The van der Waals surface area contributed by atoms with Crippen molar-refractivity contribution >= 4 is 31.8 Å². The van der Waals surface area contributed by atoms with E-state index in [1.165, 1.54) is 12.8 Å². The van der Waals surface area contributed by atoms with E-state index in [1.54, 1.807) is 6.00 Å². The van der Waals surface area contributed by atoms with Gasteiger partial charge >= 0.3 is 33.3 Å². The zero-order valence-corrected chi connectivity index (χ0v) is 17.7. The maximum absolute atomic E-state index is 5.56. The van der Waals surface area contributed by atoms with Crippen LogP contribution in [0.5, 0.6) is 0 Å². The van der Waals surface area contributed by atoms with Crippen molar-refractivity contribution in [3.8, 4) is 0 Å². The molecule has 0 aromatic heterocycles. The number of nitrogens with one attached hydrogen (secondary N) is 5. The van der Waals surface area contributed by atoms with E-state index in [0.717, 1.165) is 65.4 Å². The Labute approximate surface area is 166 Å². The Morgan fingerprint density at radius 3 is 1.92 bits per heavy atom. The topological polar surface area (TPSA) is 76.8 Å². The van der Waals surface area contributed by atoms with Gasteiger partial charge in [0.15, 0.2) is 0 Å². The predicted molar refractivity (Wildman–Crippen MR) is 101 cm³/mol. The molecule has 0 aliphatic carbocycles. The van der Waals surface area contributed by atoms with Crippen LogP contribution >= 0.6 is 31.8 Å². The Morgan fingerprint density at radius 2 is 1.38 bits per heavy atom. The average molecular weight is 447 g/mol. The summed E-state index contributed by atoms with van der Waals surface area (Å²) >= 11 is 5.56. The summed E-state index contributed by atoms with van der Waals surface area (Å²) in [4.78, 5) is 0. The van der Waals surface area contributed by atoms with Gasteiger partial charge in [0, 0.05) is 64.9 Å². The molecule has 1 heterocycles. The molecule has 0 unspecified atom stereocenters. The molecule has 0 amide bonds. The molecule has 1 aliphatic rings. The first-order chi connectivity index (χ1) is 11.8. The molecule has 1 rings (SSSR count). The van der Waals surface area contributed by atoms with Gasteiger partial charge in [0.05, 0.1) is 6.54 Å². The Balaban J connectivity index is 0.00000163. The summed E-state index contributed by atoms with van der Waals surface area (Å²) in [5, 5.41) is 19.5. The fraction of sp³-hybridized carbons (Fsp3) is 0.929. The van der Waals surface area contributed by atoms with E-state index in [4.69, 9.17) is 31.8 Å². The molecule has 1 atom stereocenters. The molecule has 1 aliphatic heterocycles. The number of rotatable bonds is 5. The van der Waals surface area contributed by atoms with Crippen molar-refractivity contribution in [3.05, 3.63) is 6.00 Å². The molecule has 10 heteroatoms. The average Bonchev–Trinajstić information content (AvgIpc) is 2.59. The summed E-state index contributed by atoms with van der Waals surface area (Å²) in [7, 11) is 9.59. The third-order valence-electron chi connectivity index (χ3n) is 3.57. The molecule has 0 aromatic rings. The zero-order chi connectivity index (χ0) is 17.7. The summed E-state index contributed by atoms with van der Waals surface area (Å²) in [6, 6.07) is 2.16. The van der Waals surface area contributed by atoms with E-state index in [9.17, 15) is 0 Å². The molecule has 1 saturated heterocycles. The number of halogens is 3. The first-order valence-electron chi connectivity index (χ1n) is 8.53. The molecule has 1 fully saturated rings. The van der Waals surface area contributed by atoms with Gasteiger partial charge in [-0.25, -0.2) is 0 Å². The van der Waals surface area contributed by atoms with Crippen molar-refractivity contribution in [1.82, 2.24) is 26.6 Å². The van der Waals surface area contributed by atoms with Crippen molar-refractivity contribution in [2.75, 3.05) is 65.4 Å².